The van der Waals surface area contributed by atoms with E-state index in [-0.39, 0.29) is 0 Å². The average molecular weight is 207 g/mol. The molecule has 0 aromatic carbocycles. The Balaban J connectivity index is 1.91. The predicted molar refractivity (Wildman–Crippen MR) is 53.6 cm³/mol. The van der Waals surface area contributed by atoms with Crippen LogP contribution in [0.4, 0.5) is 0 Å². The summed E-state index contributed by atoms with van der Waals surface area (Å²) in [5.74, 6) is 1.94. The number of hydrogen-bond donors (Lipinski definition) is 0. The Kier molecular flexibility index (Phi) is 1.78. The predicted octanol–water partition coefficient (Wildman–Crippen LogP) is 3.86. The SMILES string of the molecule is CC1CC1(C)CC1C(C)C1(Cl)Cl. The molecule has 0 amide bonds. The van der Waals surface area contributed by atoms with Gasteiger partial charge in [-0.1, -0.05) is 20.8 Å². The molecular weight excluding hydrogens is 191 g/mol. The summed E-state index contributed by atoms with van der Waals surface area (Å²) >= 11 is 12.2. The lowest BCUT2D eigenvalue weighted by Crippen LogP contribution is -2.01. The molecule has 4 unspecified atom stereocenters. The molecule has 2 rings (SSSR count). The molecule has 2 saturated carbocycles. The summed E-state index contributed by atoms with van der Waals surface area (Å²) in [4.78, 5) is 0. The Morgan fingerprint density at radius 2 is 1.75 bits per heavy atom. The van der Waals surface area contributed by atoms with Crippen molar-refractivity contribution in [1.82, 2.24) is 0 Å². The third kappa shape index (κ3) is 1.19. The van der Waals surface area contributed by atoms with Crippen LogP contribution < -0.4 is 0 Å². The van der Waals surface area contributed by atoms with Gasteiger partial charge in [0.2, 0.25) is 0 Å². The van der Waals surface area contributed by atoms with Gasteiger partial charge in [0.15, 0.2) is 0 Å². The Hall–Kier alpha value is 0.580. The molecule has 0 heterocycles. The van der Waals surface area contributed by atoms with E-state index < -0.39 is 4.33 Å². The summed E-state index contributed by atoms with van der Waals surface area (Å²) in [5, 5.41) is 0. The van der Waals surface area contributed by atoms with E-state index in [9.17, 15) is 0 Å². The van der Waals surface area contributed by atoms with Crippen molar-refractivity contribution in [2.24, 2.45) is 23.2 Å². The molecular formula is C10H16Cl2. The van der Waals surface area contributed by atoms with E-state index in [1.54, 1.807) is 0 Å². The molecule has 2 fully saturated rings. The summed E-state index contributed by atoms with van der Waals surface area (Å²) in [6, 6.07) is 0. The molecule has 0 N–H and O–H groups in total. The van der Waals surface area contributed by atoms with Gasteiger partial charge in [-0.2, -0.15) is 0 Å². The van der Waals surface area contributed by atoms with Crippen LogP contribution in [-0.2, 0) is 0 Å². The van der Waals surface area contributed by atoms with Crippen LogP contribution in [0.5, 0.6) is 0 Å². The first-order valence-corrected chi connectivity index (χ1v) is 5.51. The average Bonchev–Trinajstić information content (AvgIpc) is 2.66. The zero-order valence-corrected chi connectivity index (χ0v) is 9.41. The molecule has 0 aromatic heterocycles. The van der Waals surface area contributed by atoms with E-state index in [2.05, 4.69) is 20.8 Å². The third-order valence-corrected chi connectivity index (χ3v) is 5.33. The van der Waals surface area contributed by atoms with Crippen molar-refractivity contribution >= 4 is 23.2 Å². The first kappa shape index (κ1) is 9.15. The van der Waals surface area contributed by atoms with Crippen molar-refractivity contribution < 1.29 is 0 Å². The molecule has 2 aliphatic rings. The minimum atomic E-state index is -0.397. The Labute approximate surface area is 84.6 Å². The van der Waals surface area contributed by atoms with Crippen molar-refractivity contribution in [1.29, 1.82) is 0 Å². The molecule has 2 aliphatic carbocycles. The van der Waals surface area contributed by atoms with Crippen LogP contribution in [-0.4, -0.2) is 4.33 Å². The highest BCUT2D eigenvalue weighted by atomic mass is 35.5. The highest BCUT2D eigenvalue weighted by Gasteiger charge is 2.64. The van der Waals surface area contributed by atoms with Crippen LogP contribution in [0.25, 0.3) is 0 Å². The molecule has 70 valence electrons. The first-order chi connectivity index (χ1) is 5.38. The van der Waals surface area contributed by atoms with Crippen LogP contribution >= 0.6 is 23.2 Å². The quantitative estimate of drug-likeness (QED) is 0.603. The van der Waals surface area contributed by atoms with E-state index in [4.69, 9.17) is 23.2 Å². The van der Waals surface area contributed by atoms with Gasteiger partial charge in [0.25, 0.3) is 0 Å². The summed E-state index contributed by atoms with van der Waals surface area (Å²) in [7, 11) is 0. The molecule has 0 bridgehead atoms. The van der Waals surface area contributed by atoms with Crippen molar-refractivity contribution in [2.75, 3.05) is 0 Å². The van der Waals surface area contributed by atoms with Crippen molar-refractivity contribution in [2.45, 2.75) is 37.9 Å². The third-order valence-electron chi connectivity index (χ3n) is 4.08. The van der Waals surface area contributed by atoms with Crippen molar-refractivity contribution in [3.63, 3.8) is 0 Å². The second-order valence-electron chi connectivity index (χ2n) is 5.03. The first-order valence-electron chi connectivity index (χ1n) is 4.76. The van der Waals surface area contributed by atoms with Gasteiger partial charge in [-0.05, 0) is 36.0 Å². The Morgan fingerprint density at radius 1 is 1.33 bits per heavy atom. The summed E-state index contributed by atoms with van der Waals surface area (Å²) in [5.41, 5.74) is 0.560. The van der Waals surface area contributed by atoms with Crippen molar-refractivity contribution in [3.8, 4) is 0 Å². The van der Waals surface area contributed by atoms with Crippen LogP contribution in [0.2, 0.25) is 0 Å². The van der Waals surface area contributed by atoms with Gasteiger partial charge < -0.3 is 0 Å². The highest BCUT2D eigenvalue weighted by Crippen LogP contribution is 2.67. The molecule has 12 heavy (non-hydrogen) atoms. The van der Waals surface area contributed by atoms with E-state index in [1.165, 1.54) is 12.8 Å². The summed E-state index contributed by atoms with van der Waals surface area (Å²) in [6.45, 7) is 6.82. The fourth-order valence-corrected chi connectivity index (χ4v) is 3.01. The lowest BCUT2D eigenvalue weighted by molar-refractivity contribution is 0.430. The van der Waals surface area contributed by atoms with Gasteiger partial charge in [0.1, 0.15) is 4.33 Å². The zero-order valence-electron chi connectivity index (χ0n) is 7.90. The highest BCUT2D eigenvalue weighted by molar-refractivity contribution is 6.51. The topological polar surface area (TPSA) is 0 Å². The standard InChI is InChI=1S/C10H16Cl2/c1-6-4-9(6,3)5-8-7(2)10(8,11)12/h6-8H,4-5H2,1-3H3. The lowest BCUT2D eigenvalue weighted by atomic mass is 9.98. The fraction of sp³-hybridized carbons (Fsp3) is 1.00. The molecule has 4 atom stereocenters. The smallest absolute Gasteiger partial charge is 0.101 e. The maximum atomic E-state index is 6.10. The number of hydrogen-bond acceptors (Lipinski definition) is 0. The zero-order chi connectivity index (χ0) is 9.15. The summed E-state index contributed by atoms with van der Waals surface area (Å²) in [6.07, 6.45) is 2.59. The van der Waals surface area contributed by atoms with E-state index >= 15 is 0 Å². The van der Waals surface area contributed by atoms with E-state index in [0.717, 1.165) is 5.92 Å². The maximum absolute atomic E-state index is 6.10. The van der Waals surface area contributed by atoms with Gasteiger partial charge in [0, 0.05) is 0 Å². The van der Waals surface area contributed by atoms with Gasteiger partial charge >= 0.3 is 0 Å². The largest absolute Gasteiger partial charge is 0.124 e. The number of halogens is 2. The van der Waals surface area contributed by atoms with Gasteiger partial charge in [-0.15, -0.1) is 23.2 Å². The van der Waals surface area contributed by atoms with Gasteiger partial charge in [0.05, 0.1) is 0 Å². The van der Waals surface area contributed by atoms with Crippen molar-refractivity contribution in [3.05, 3.63) is 0 Å². The molecule has 0 aliphatic heterocycles. The lowest BCUT2D eigenvalue weighted by Gasteiger charge is -2.08. The molecule has 0 saturated heterocycles. The number of rotatable bonds is 2. The second kappa shape index (κ2) is 2.33. The Morgan fingerprint density at radius 3 is 2.00 bits per heavy atom. The fourth-order valence-electron chi connectivity index (χ4n) is 2.30. The minimum Gasteiger partial charge on any atom is -0.101 e. The molecule has 0 aromatic rings. The molecule has 0 radical (unpaired) electrons. The minimum absolute atomic E-state index is 0.397. The van der Waals surface area contributed by atoms with Crippen LogP contribution in [0.3, 0.4) is 0 Å². The second-order valence-corrected chi connectivity index (χ2v) is 6.48. The van der Waals surface area contributed by atoms with Gasteiger partial charge in [-0.3, -0.25) is 0 Å². The van der Waals surface area contributed by atoms with E-state index in [0.29, 0.717) is 17.3 Å². The van der Waals surface area contributed by atoms with E-state index in [1.807, 2.05) is 0 Å². The number of alkyl halides is 2. The molecule has 0 spiro atoms. The Bertz CT molecular complexity index is 212. The van der Waals surface area contributed by atoms with Crippen LogP contribution in [0.1, 0.15) is 33.6 Å². The molecule has 2 heteroatoms. The molecule has 0 nitrogen and oxygen atoms in total. The maximum Gasteiger partial charge on any atom is 0.124 e. The van der Waals surface area contributed by atoms with Crippen LogP contribution in [0, 0.1) is 23.2 Å². The monoisotopic (exact) mass is 206 g/mol. The van der Waals surface area contributed by atoms with Gasteiger partial charge in [-0.25, -0.2) is 0 Å². The summed E-state index contributed by atoms with van der Waals surface area (Å²) < 4.78 is -0.397. The van der Waals surface area contributed by atoms with Crippen LogP contribution in [0.15, 0.2) is 0 Å². The normalized spacial score (nSPS) is 55.2.